The second kappa shape index (κ2) is 7.56. The molecular formula is C13H23N3O3S. The van der Waals surface area contributed by atoms with Gasteiger partial charge in [0.25, 0.3) is 0 Å². The summed E-state index contributed by atoms with van der Waals surface area (Å²) in [6.45, 7) is 5.01. The Morgan fingerprint density at radius 3 is 2.65 bits per heavy atom. The Morgan fingerprint density at radius 2 is 2.15 bits per heavy atom. The van der Waals surface area contributed by atoms with Crippen LogP contribution in [0.3, 0.4) is 0 Å². The number of sulfonamides is 1. The number of likely N-dealkylation sites (N-methyl/N-ethyl adjacent to an activating group) is 1. The number of rotatable bonds is 8. The van der Waals surface area contributed by atoms with Gasteiger partial charge in [-0.25, -0.2) is 13.4 Å². The number of aromatic nitrogens is 1. The third kappa shape index (κ3) is 4.16. The summed E-state index contributed by atoms with van der Waals surface area (Å²) < 4.78 is 31.1. The molecular weight excluding hydrogens is 278 g/mol. The lowest BCUT2D eigenvalue weighted by Gasteiger charge is -2.23. The van der Waals surface area contributed by atoms with E-state index >= 15 is 0 Å². The van der Waals surface area contributed by atoms with Crippen LogP contribution >= 0.6 is 0 Å². The fraction of sp³-hybridized carbons (Fsp3) is 0.615. The molecule has 0 bridgehead atoms. The molecule has 0 aliphatic rings. The highest BCUT2D eigenvalue weighted by atomic mass is 32.2. The Bertz CT molecular complexity index is 502. The second-order valence-electron chi connectivity index (χ2n) is 4.63. The molecule has 0 amide bonds. The molecule has 1 N–H and O–H groups in total. The van der Waals surface area contributed by atoms with Crippen LogP contribution in [0.5, 0.6) is 0 Å². The Balaban J connectivity index is 2.87. The first kappa shape index (κ1) is 16.9. The quantitative estimate of drug-likeness (QED) is 0.789. The molecule has 1 unspecified atom stereocenters. The summed E-state index contributed by atoms with van der Waals surface area (Å²) in [4.78, 5) is 4.31. The van der Waals surface area contributed by atoms with E-state index in [1.807, 2.05) is 0 Å². The van der Waals surface area contributed by atoms with Crippen molar-refractivity contribution in [2.45, 2.75) is 31.2 Å². The first-order valence-corrected chi connectivity index (χ1v) is 8.04. The minimum Gasteiger partial charge on any atom is -0.383 e. The van der Waals surface area contributed by atoms with Gasteiger partial charge in [0.05, 0.1) is 6.61 Å². The smallest absolute Gasteiger partial charge is 0.244 e. The van der Waals surface area contributed by atoms with Gasteiger partial charge in [0.1, 0.15) is 10.7 Å². The summed E-state index contributed by atoms with van der Waals surface area (Å²) >= 11 is 0. The molecule has 0 saturated carbocycles. The molecule has 6 nitrogen and oxygen atoms in total. The number of nitrogens with zero attached hydrogens (tertiary/aromatic N) is 2. The van der Waals surface area contributed by atoms with E-state index in [0.717, 1.165) is 13.0 Å². The second-order valence-corrected chi connectivity index (χ2v) is 6.63. The van der Waals surface area contributed by atoms with Crippen molar-refractivity contribution in [3.8, 4) is 0 Å². The number of anilines is 1. The topological polar surface area (TPSA) is 71.5 Å². The van der Waals surface area contributed by atoms with E-state index in [-0.39, 0.29) is 10.9 Å². The van der Waals surface area contributed by atoms with Gasteiger partial charge >= 0.3 is 0 Å². The molecule has 20 heavy (non-hydrogen) atoms. The molecule has 7 heteroatoms. The molecule has 0 spiro atoms. The zero-order chi connectivity index (χ0) is 15.2. The molecule has 1 atom stereocenters. The summed E-state index contributed by atoms with van der Waals surface area (Å²) in [6, 6.07) is 3.01. The van der Waals surface area contributed by atoms with Crippen LogP contribution in [-0.4, -0.2) is 51.1 Å². The maximum Gasteiger partial charge on any atom is 0.244 e. The van der Waals surface area contributed by atoms with Crippen molar-refractivity contribution < 1.29 is 13.2 Å². The average Bonchev–Trinajstić information content (AvgIpc) is 2.45. The Morgan fingerprint density at radius 1 is 1.45 bits per heavy atom. The lowest BCUT2D eigenvalue weighted by molar-refractivity contribution is 0.149. The van der Waals surface area contributed by atoms with Gasteiger partial charge in [0.2, 0.25) is 10.0 Å². The summed E-state index contributed by atoms with van der Waals surface area (Å²) in [6.07, 6.45) is 2.36. The largest absolute Gasteiger partial charge is 0.383 e. The summed E-state index contributed by atoms with van der Waals surface area (Å²) in [7, 11) is -0.442. The van der Waals surface area contributed by atoms with Crippen LogP contribution in [0.25, 0.3) is 0 Å². The molecule has 0 aliphatic carbocycles. The Hall–Kier alpha value is -1.18. The first-order chi connectivity index (χ1) is 9.43. The van der Waals surface area contributed by atoms with Gasteiger partial charge in [0.15, 0.2) is 0 Å². The van der Waals surface area contributed by atoms with Gasteiger partial charge in [-0.1, -0.05) is 6.92 Å². The number of ether oxygens (including phenoxy) is 1. The molecule has 114 valence electrons. The van der Waals surface area contributed by atoms with Crippen molar-refractivity contribution in [2.75, 3.05) is 32.6 Å². The van der Waals surface area contributed by atoms with Crippen molar-refractivity contribution in [3.05, 3.63) is 18.3 Å². The maximum absolute atomic E-state index is 12.4. The van der Waals surface area contributed by atoms with Gasteiger partial charge in [-0.05, 0) is 25.5 Å². The molecule has 1 aromatic rings. The van der Waals surface area contributed by atoms with Gasteiger partial charge in [-0.15, -0.1) is 0 Å². The van der Waals surface area contributed by atoms with E-state index in [1.165, 1.54) is 10.5 Å². The zero-order valence-corrected chi connectivity index (χ0v) is 13.3. The SMILES string of the molecule is CCCNc1ccc(S(=O)(=O)N(C)C(C)COC)cn1. The number of methoxy groups -OCH3 is 1. The molecule has 1 aromatic heterocycles. The van der Waals surface area contributed by atoms with E-state index in [2.05, 4.69) is 17.2 Å². The predicted octanol–water partition coefficient (Wildman–Crippen LogP) is 1.56. The van der Waals surface area contributed by atoms with Crippen LogP contribution < -0.4 is 5.32 Å². The van der Waals surface area contributed by atoms with Crippen LogP contribution in [0.2, 0.25) is 0 Å². The van der Waals surface area contributed by atoms with Crippen molar-refractivity contribution in [1.82, 2.24) is 9.29 Å². The zero-order valence-electron chi connectivity index (χ0n) is 12.5. The summed E-state index contributed by atoms with van der Waals surface area (Å²) in [5.74, 6) is 0.679. The summed E-state index contributed by atoms with van der Waals surface area (Å²) in [5.41, 5.74) is 0. The van der Waals surface area contributed by atoms with Crippen molar-refractivity contribution >= 4 is 15.8 Å². The highest BCUT2D eigenvalue weighted by Crippen LogP contribution is 2.17. The molecule has 0 saturated heterocycles. The number of hydrogen-bond acceptors (Lipinski definition) is 5. The number of hydrogen-bond donors (Lipinski definition) is 1. The lowest BCUT2D eigenvalue weighted by Crippen LogP contribution is -2.37. The van der Waals surface area contributed by atoms with Crippen molar-refractivity contribution in [3.63, 3.8) is 0 Å². The first-order valence-electron chi connectivity index (χ1n) is 6.60. The standard InChI is InChI=1S/C13H23N3O3S/c1-5-8-14-13-7-6-12(9-15-13)20(17,18)16(3)11(2)10-19-4/h6-7,9,11H,5,8,10H2,1-4H3,(H,14,15). The van der Waals surface area contributed by atoms with Crippen LogP contribution in [0.15, 0.2) is 23.2 Å². The van der Waals surface area contributed by atoms with Crippen molar-refractivity contribution in [1.29, 1.82) is 0 Å². The highest BCUT2D eigenvalue weighted by Gasteiger charge is 2.25. The van der Waals surface area contributed by atoms with Crippen LogP contribution in [-0.2, 0) is 14.8 Å². The highest BCUT2D eigenvalue weighted by molar-refractivity contribution is 7.89. The van der Waals surface area contributed by atoms with Gasteiger partial charge in [-0.3, -0.25) is 0 Å². The van der Waals surface area contributed by atoms with Crippen LogP contribution in [0.4, 0.5) is 5.82 Å². The molecule has 1 rings (SSSR count). The molecule has 0 aromatic carbocycles. The Kier molecular flexibility index (Phi) is 6.38. The molecule has 1 heterocycles. The predicted molar refractivity (Wildman–Crippen MR) is 79.3 cm³/mol. The van der Waals surface area contributed by atoms with Gasteiger partial charge < -0.3 is 10.1 Å². The molecule has 0 fully saturated rings. The third-order valence-corrected chi connectivity index (χ3v) is 4.95. The lowest BCUT2D eigenvalue weighted by atomic mass is 10.4. The molecule has 0 aliphatic heterocycles. The maximum atomic E-state index is 12.4. The Labute approximate surface area is 121 Å². The number of pyridine rings is 1. The minimum absolute atomic E-state index is 0.185. The van der Waals surface area contributed by atoms with Gasteiger partial charge in [0, 0.05) is 32.9 Å². The van der Waals surface area contributed by atoms with E-state index in [0.29, 0.717) is 12.4 Å². The molecule has 0 radical (unpaired) electrons. The van der Waals surface area contributed by atoms with E-state index in [4.69, 9.17) is 4.74 Å². The third-order valence-electron chi connectivity index (χ3n) is 3.00. The monoisotopic (exact) mass is 301 g/mol. The fourth-order valence-electron chi connectivity index (χ4n) is 1.64. The van der Waals surface area contributed by atoms with Gasteiger partial charge in [-0.2, -0.15) is 4.31 Å². The van der Waals surface area contributed by atoms with E-state index in [9.17, 15) is 8.42 Å². The van der Waals surface area contributed by atoms with E-state index < -0.39 is 10.0 Å². The number of nitrogens with one attached hydrogen (secondary N) is 1. The van der Waals surface area contributed by atoms with Crippen molar-refractivity contribution in [2.24, 2.45) is 0 Å². The average molecular weight is 301 g/mol. The summed E-state index contributed by atoms with van der Waals surface area (Å²) in [5, 5.41) is 3.11. The van der Waals surface area contributed by atoms with Crippen LogP contribution in [0.1, 0.15) is 20.3 Å². The normalized spacial score (nSPS) is 13.4. The van der Waals surface area contributed by atoms with E-state index in [1.54, 1.807) is 33.2 Å². The van der Waals surface area contributed by atoms with Crippen LogP contribution in [0, 0.1) is 0 Å². The minimum atomic E-state index is -3.53. The fourth-order valence-corrected chi connectivity index (χ4v) is 2.93.